The molecule has 1 aromatic rings. The quantitative estimate of drug-likeness (QED) is 0.573. The number of hydrogen-bond acceptors (Lipinski definition) is 3. The van der Waals surface area contributed by atoms with Gasteiger partial charge in [-0.05, 0) is 24.5 Å². The summed E-state index contributed by atoms with van der Waals surface area (Å²) in [5.74, 6) is 0.198. The topological polar surface area (TPSA) is 49.7 Å². The second-order valence-corrected chi connectivity index (χ2v) is 2.87. The summed E-state index contributed by atoms with van der Waals surface area (Å²) in [4.78, 5) is 0. The van der Waals surface area contributed by atoms with Crippen LogP contribution in [0.2, 0.25) is 0 Å². The van der Waals surface area contributed by atoms with Gasteiger partial charge in [-0.25, -0.2) is 0 Å². The average Bonchev–Trinajstić information content (AvgIpc) is 2.12. The predicted molar refractivity (Wildman–Crippen MR) is 43.6 cm³/mol. The number of phenolic OH excluding ortho intramolecular Hbond substituents is 2. The SMILES string of the molecule is Oc1ccc2c(c1O)OCCC2. The highest BCUT2D eigenvalue weighted by molar-refractivity contribution is 5.54. The van der Waals surface area contributed by atoms with E-state index in [0.717, 1.165) is 18.4 Å². The predicted octanol–water partition coefficient (Wildman–Crippen LogP) is 1.42. The molecule has 0 unspecified atom stereocenters. The summed E-state index contributed by atoms with van der Waals surface area (Å²) >= 11 is 0. The molecule has 0 saturated heterocycles. The molecule has 2 N–H and O–H groups in total. The molecule has 2 rings (SSSR count). The second-order valence-electron chi connectivity index (χ2n) is 2.87. The number of rotatable bonds is 0. The summed E-state index contributed by atoms with van der Waals surface area (Å²) in [6, 6.07) is 3.27. The molecule has 1 aliphatic rings. The number of benzene rings is 1. The Morgan fingerprint density at radius 3 is 2.92 bits per heavy atom. The molecule has 0 spiro atoms. The Bertz CT molecular complexity index is 307. The fourth-order valence-electron chi connectivity index (χ4n) is 1.40. The van der Waals surface area contributed by atoms with E-state index in [9.17, 15) is 5.11 Å². The zero-order chi connectivity index (χ0) is 8.55. The molecule has 3 nitrogen and oxygen atoms in total. The van der Waals surface area contributed by atoms with Gasteiger partial charge in [0.05, 0.1) is 6.61 Å². The Morgan fingerprint density at radius 1 is 1.25 bits per heavy atom. The van der Waals surface area contributed by atoms with Crippen LogP contribution in [0.4, 0.5) is 0 Å². The van der Waals surface area contributed by atoms with Gasteiger partial charge < -0.3 is 14.9 Å². The maximum Gasteiger partial charge on any atom is 0.200 e. The van der Waals surface area contributed by atoms with E-state index in [4.69, 9.17) is 9.84 Å². The zero-order valence-corrected chi connectivity index (χ0v) is 6.58. The fourth-order valence-corrected chi connectivity index (χ4v) is 1.40. The average molecular weight is 166 g/mol. The van der Waals surface area contributed by atoms with Crippen molar-refractivity contribution < 1.29 is 14.9 Å². The summed E-state index contributed by atoms with van der Waals surface area (Å²) in [5, 5.41) is 18.5. The molecule has 3 heteroatoms. The molecule has 0 aromatic heterocycles. The summed E-state index contributed by atoms with van der Waals surface area (Å²) in [5.41, 5.74) is 0.969. The van der Waals surface area contributed by atoms with E-state index >= 15 is 0 Å². The van der Waals surface area contributed by atoms with E-state index < -0.39 is 0 Å². The van der Waals surface area contributed by atoms with Crippen LogP contribution < -0.4 is 4.74 Å². The highest BCUT2D eigenvalue weighted by Gasteiger charge is 2.16. The smallest absolute Gasteiger partial charge is 0.200 e. The highest BCUT2D eigenvalue weighted by atomic mass is 16.5. The Balaban J connectivity index is 2.54. The third-order valence-corrected chi connectivity index (χ3v) is 2.03. The lowest BCUT2D eigenvalue weighted by Gasteiger charge is -2.18. The van der Waals surface area contributed by atoms with Crippen molar-refractivity contribution in [3.63, 3.8) is 0 Å². The molecule has 12 heavy (non-hydrogen) atoms. The van der Waals surface area contributed by atoms with Gasteiger partial charge in [0.1, 0.15) is 0 Å². The largest absolute Gasteiger partial charge is 0.504 e. The van der Waals surface area contributed by atoms with Crippen LogP contribution in [0.5, 0.6) is 17.2 Å². The first-order valence-corrected chi connectivity index (χ1v) is 3.95. The van der Waals surface area contributed by atoms with E-state index in [1.165, 1.54) is 6.07 Å². The van der Waals surface area contributed by atoms with Crippen LogP contribution in [0.3, 0.4) is 0 Å². The van der Waals surface area contributed by atoms with Crippen LogP contribution in [0.15, 0.2) is 12.1 Å². The van der Waals surface area contributed by atoms with Crippen LogP contribution in [0, 0.1) is 0 Å². The molecule has 1 aliphatic heterocycles. The number of ether oxygens (including phenoxy) is 1. The van der Waals surface area contributed by atoms with Gasteiger partial charge in [0.25, 0.3) is 0 Å². The van der Waals surface area contributed by atoms with Crippen molar-refractivity contribution in [1.82, 2.24) is 0 Å². The Morgan fingerprint density at radius 2 is 2.08 bits per heavy atom. The molecule has 0 aliphatic carbocycles. The molecule has 0 amide bonds. The monoisotopic (exact) mass is 166 g/mol. The van der Waals surface area contributed by atoms with Crippen molar-refractivity contribution in [3.05, 3.63) is 17.7 Å². The normalized spacial score (nSPS) is 15.0. The third-order valence-electron chi connectivity index (χ3n) is 2.03. The van der Waals surface area contributed by atoms with Crippen molar-refractivity contribution in [2.75, 3.05) is 6.61 Å². The van der Waals surface area contributed by atoms with Gasteiger partial charge in [-0.2, -0.15) is 0 Å². The summed E-state index contributed by atoms with van der Waals surface area (Å²) < 4.78 is 5.23. The number of aryl methyl sites for hydroxylation is 1. The molecule has 0 saturated carbocycles. The van der Waals surface area contributed by atoms with Gasteiger partial charge in [0.2, 0.25) is 5.75 Å². The number of phenols is 2. The lowest BCUT2D eigenvalue weighted by molar-refractivity contribution is 0.267. The first kappa shape index (κ1) is 7.28. The molecular formula is C9H10O3. The van der Waals surface area contributed by atoms with Gasteiger partial charge in [-0.3, -0.25) is 0 Å². The number of aromatic hydroxyl groups is 2. The maximum atomic E-state index is 9.37. The molecular weight excluding hydrogens is 156 g/mol. The van der Waals surface area contributed by atoms with Crippen molar-refractivity contribution in [3.8, 4) is 17.2 Å². The maximum absolute atomic E-state index is 9.37. The fraction of sp³-hybridized carbons (Fsp3) is 0.333. The van der Waals surface area contributed by atoms with Crippen LogP contribution in [-0.4, -0.2) is 16.8 Å². The minimum atomic E-state index is -0.132. The molecule has 64 valence electrons. The van der Waals surface area contributed by atoms with Crippen molar-refractivity contribution in [1.29, 1.82) is 0 Å². The van der Waals surface area contributed by atoms with Crippen LogP contribution in [-0.2, 0) is 6.42 Å². The highest BCUT2D eigenvalue weighted by Crippen LogP contribution is 2.40. The number of fused-ring (bicyclic) bond motifs is 1. The van der Waals surface area contributed by atoms with E-state index in [1.807, 2.05) is 0 Å². The summed E-state index contributed by atoms with van der Waals surface area (Å²) in [6.45, 7) is 0.615. The van der Waals surface area contributed by atoms with Gasteiger partial charge in [0.15, 0.2) is 11.5 Å². The summed E-state index contributed by atoms with van der Waals surface area (Å²) in [7, 11) is 0. The number of hydrogen-bond donors (Lipinski definition) is 2. The van der Waals surface area contributed by atoms with Crippen LogP contribution in [0.1, 0.15) is 12.0 Å². The van der Waals surface area contributed by atoms with Crippen molar-refractivity contribution in [2.24, 2.45) is 0 Å². The van der Waals surface area contributed by atoms with Gasteiger partial charge in [-0.1, -0.05) is 6.07 Å². The Kier molecular flexibility index (Phi) is 1.57. The van der Waals surface area contributed by atoms with Crippen molar-refractivity contribution in [2.45, 2.75) is 12.8 Å². The van der Waals surface area contributed by atoms with Gasteiger partial charge in [-0.15, -0.1) is 0 Å². The standard InChI is InChI=1S/C9H10O3/c10-7-4-3-6-2-1-5-12-9(6)8(7)11/h3-4,10-11H,1-2,5H2. The summed E-state index contributed by atoms with van der Waals surface area (Å²) in [6.07, 6.45) is 1.88. The molecule has 1 aromatic carbocycles. The zero-order valence-electron chi connectivity index (χ0n) is 6.58. The molecule has 0 fully saturated rings. The molecule has 1 heterocycles. The van der Waals surface area contributed by atoms with E-state index in [0.29, 0.717) is 12.4 Å². The van der Waals surface area contributed by atoms with E-state index in [1.54, 1.807) is 6.07 Å². The van der Waals surface area contributed by atoms with E-state index in [2.05, 4.69) is 0 Å². The van der Waals surface area contributed by atoms with Crippen molar-refractivity contribution >= 4 is 0 Å². The molecule has 0 bridgehead atoms. The molecule has 0 atom stereocenters. The van der Waals surface area contributed by atoms with Gasteiger partial charge >= 0.3 is 0 Å². The minimum absolute atomic E-state index is 0.115. The second kappa shape index (κ2) is 2.59. The Hall–Kier alpha value is -1.38. The van der Waals surface area contributed by atoms with Crippen LogP contribution in [0.25, 0.3) is 0 Å². The van der Waals surface area contributed by atoms with Crippen LogP contribution >= 0.6 is 0 Å². The first-order valence-electron chi connectivity index (χ1n) is 3.95. The minimum Gasteiger partial charge on any atom is -0.504 e. The van der Waals surface area contributed by atoms with Gasteiger partial charge in [0, 0.05) is 0 Å². The Labute approximate surface area is 70.2 Å². The molecule has 0 radical (unpaired) electrons. The third kappa shape index (κ3) is 0.978. The lowest BCUT2D eigenvalue weighted by Crippen LogP contribution is -2.08. The lowest BCUT2D eigenvalue weighted by atomic mass is 10.1. The first-order chi connectivity index (χ1) is 5.79. The van der Waals surface area contributed by atoms with E-state index in [-0.39, 0.29) is 11.5 Å².